The Labute approximate surface area is 163 Å². The molecule has 5 heteroatoms. The summed E-state index contributed by atoms with van der Waals surface area (Å²) in [5, 5.41) is 11.3. The lowest BCUT2D eigenvalue weighted by atomic mass is 10.0. The van der Waals surface area contributed by atoms with E-state index in [1.54, 1.807) is 4.68 Å². The predicted octanol–water partition coefficient (Wildman–Crippen LogP) is 4.80. The Morgan fingerprint density at radius 1 is 0.857 bits per heavy atom. The first-order valence-electron chi connectivity index (χ1n) is 9.08. The summed E-state index contributed by atoms with van der Waals surface area (Å²) in [5.74, 6) is -0.278. The van der Waals surface area contributed by atoms with Crippen molar-refractivity contribution in [3.63, 3.8) is 0 Å². The third kappa shape index (κ3) is 3.42. The number of anilines is 1. The minimum Gasteiger partial charge on any atom is -0.320 e. The van der Waals surface area contributed by atoms with E-state index in [9.17, 15) is 4.79 Å². The van der Waals surface area contributed by atoms with Crippen molar-refractivity contribution >= 4 is 11.6 Å². The zero-order valence-electron chi connectivity index (χ0n) is 15.8. The topological polar surface area (TPSA) is 59.8 Å². The molecular formula is C23H20N4O. The SMILES string of the molecule is Cc1ccc(-n2nnc(C(=O)Nc3ccccc3-c3ccccc3)c2C)cc1. The fourth-order valence-electron chi connectivity index (χ4n) is 3.11. The molecule has 4 aromatic rings. The van der Waals surface area contributed by atoms with Gasteiger partial charge >= 0.3 is 0 Å². The molecule has 1 aromatic heterocycles. The molecule has 28 heavy (non-hydrogen) atoms. The van der Waals surface area contributed by atoms with Crippen molar-refractivity contribution in [2.24, 2.45) is 0 Å². The van der Waals surface area contributed by atoms with Crippen LogP contribution in [0.15, 0.2) is 78.9 Å². The maximum absolute atomic E-state index is 12.9. The fourth-order valence-corrected chi connectivity index (χ4v) is 3.11. The molecule has 138 valence electrons. The molecule has 1 heterocycles. The first-order chi connectivity index (χ1) is 13.6. The van der Waals surface area contributed by atoms with Crippen LogP contribution in [0.3, 0.4) is 0 Å². The molecule has 0 fully saturated rings. The molecule has 0 spiro atoms. The lowest BCUT2D eigenvalue weighted by Crippen LogP contribution is -2.14. The Morgan fingerprint density at radius 3 is 2.29 bits per heavy atom. The number of carbonyl (C=O) groups excluding carboxylic acids is 1. The molecule has 5 nitrogen and oxygen atoms in total. The van der Waals surface area contributed by atoms with Gasteiger partial charge in [-0.1, -0.05) is 71.4 Å². The second-order valence-corrected chi connectivity index (χ2v) is 6.64. The highest BCUT2D eigenvalue weighted by Crippen LogP contribution is 2.28. The zero-order chi connectivity index (χ0) is 19.5. The summed E-state index contributed by atoms with van der Waals surface area (Å²) in [6, 6.07) is 25.6. The number of carbonyl (C=O) groups is 1. The minimum absolute atomic E-state index is 0.278. The third-order valence-corrected chi connectivity index (χ3v) is 4.65. The van der Waals surface area contributed by atoms with Crippen molar-refractivity contribution in [1.29, 1.82) is 0 Å². The Kier molecular flexibility index (Phi) is 4.72. The van der Waals surface area contributed by atoms with Crippen molar-refractivity contribution in [3.05, 3.63) is 95.8 Å². The molecule has 0 unspecified atom stereocenters. The molecular weight excluding hydrogens is 348 g/mol. The van der Waals surface area contributed by atoms with Gasteiger partial charge in [-0.05, 0) is 37.6 Å². The highest BCUT2D eigenvalue weighted by molar-refractivity contribution is 6.05. The Bertz CT molecular complexity index is 1120. The quantitative estimate of drug-likeness (QED) is 0.563. The van der Waals surface area contributed by atoms with E-state index >= 15 is 0 Å². The van der Waals surface area contributed by atoms with E-state index in [1.807, 2.05) is 92.7 Å². The maximum atomic E-state index is 12.9. The Balaban J connectivity index is 1.63. The number of amides is 1. The second kappa shape index (κ2) is 7.48. The molecule has 0 saturated carbocycles. The third-order valence-electron chi connectivity index (χ3n) is 4.65. The van der Waals surface area contributed by atoms with Gasteiger partial charge in [0.15, 0.2) is 5.69 Å². The van der Waals surface area contributed by atoms with Crippen LogP contribution in [0.4, 0.5) is 5.69 Å². The molecule has 0 bridgehead atoms. The first-order valence-corrected chi connectivity index (χ1v) is 9.08. The van der Waals surface area contributed by atoms with Crippen molar-refractivity contribution in [3.8, 4) is 16.8 Å². The van der Waals surface area contributed by atoms with Crippen molar-refractivity contribution in [2.45, 2.75) is 13.8 Å². The number of aromatic nitrogens is 3. The number of nitrogens with one attached hydrogen (secondary N) is 1. The highest BCUT2D eigenvalue weighted by Gasteiger charge is 2.18. The van der Waals surface area contributed by atoms with Crippen LogP contribution in [-0.4, -0.2) is 20.9 Å². The molecule has 3 aromatic carbocycles. The van der Waals surface area contributed by atoms with E-state index in [-0.39, 0.29) is 5.91 Å². The van der Waals surface area contributed by atoms with E-state index in [4.69, 9.17) is 0 Å². The van der Waals surface area contributed by atoms with Crippen LogP contribution in [0.1, 0.15) is 21.7 Å². The van der Waals surface area contributed by atoms with Crippen molar-refractivity contribution in [1.82, 2.24) is 15.0 Å². The lowest BCUT2D eigenvalue weighted by molar-refractivity contribution is 0.102. The number of benzene rings is 3. The van der Waals surface area contributed by atoms with Gasteiger partial charge in [-0.3, -0.25) is 4.79 Å². The largest absolute Gasteiger partial charge is 0.320 e. The Morgan fingerprint density at radius 2 is 1.54 bits per heavy atom. The highest BCUT2D eigenvalue weighted by atomic mass is 16.2. The number of hydrogen-bond acceptors (Lipinski definition) is 3. The molecule has 4 rings (SSSR count). The minimum atomic E-state index is -0.278. The predicted molar refractivity (Wildman–Crippen MR) is 111 cm³/mol. The lowest BCUT2D eigenvalue weighted by Gasteiger charge is -2.11. The van der Waals surface area contributed by atoms with Crippen LogP contribution in [-0.2, 0) is 0 Å². The van der Waals surface area contributed by atoms with Gasteiger partial charge in [-0.25, -0.2) is 4.68 Å². The average molecular weight is 368 g/mol. The van der Waals surface area contributed by atoms with Crippen molar-refractivity contribution in [2.75, 3.05) is 5.32 Å². The summed E-state index contributed by atoms with van der Waals surface area (Å²) in [7, 11) is 0. The molecule has 1 amide bonds. The van der Waals surface area contributed by atoms with E-state index < -0.39 is 0 Å². The number of para-hydroxylation sites is 1. The van der Waals surface area contributed by atoms with Crippen LogP contribution in [0.5, 0.6) is 0 Å². The van der Waals surface area contributed by atoms with Crippen LogP contribution >= 0.6 is 0 Å². The molecule has 0 aliphatic heterocycles. The molecule has 0 atom stereocenters. The van der Waals surface area contributed by atoms with Crippen LogP contribution in [0, 0.1) is 13.8 Å². The normalized spacial score (nSPS) is 10.6. The fraction of sp³-hybridized carbons (Fsp3) is 0.0870. The summed E-state index contributed by atoms with van der Waals surface area (Å²) in [6.45, 7) is 3.87. The van der Waals surface area contributed by atoms with Crippen LogP contribution < -0.4 is 5.32 Å². The standard InChI is InChI=1S/C23H20N4O/c1-16-12-14-19(15-13-16)27-17(2)22(25-26-27)23(28)24-21-11-7-6-10-20(21)18-8-4-3-5-9-18/h3-15H,1-2H3,(H,24,28). The summed E-state index contributed by atoms with van der Waals surface area (Å²) in [4.78, 5) is 12.9. The van der Waals surface area contributed by atoms with Gasteiger partial charge in [-0.15, -0.1) is 5.10 Å². The van der Waals surface area contributed by atoms with Crippen LogP contribution in [0.2, 0.25) is 0 Å². The van der Waals surface area contributed by atoms with Gasteiger partial charge in [0.1, 0.15) is 0 Å². The summed E-state index contributed by atoms with van der Waals surface area (Å²) < 4.78 is 1.68. The molecule has 0 saturated heterocycles. The van der Waals surface area contributed by atoms with Gasteiger partial charge in [-0.2, -0.15) is 0 Å². The zero-order valence-corrected chi connectivity index (χ0v) is 15.8. The summed E-state index contributed by atoms with van der Waals surface area (Å²) >= 11 is 0. The molecule has 0 aliphatic rings. The molecule has 0 aliphatic carbocycles. The van der Waals surface area contributed by atoms with Crippen molar-refractivity contribution < 1.29 is 4.79 Å². The number of hydrogen-bond donors (Lipinski definition) is 1. The molecule has 0 radical (unpaired) electrons. The monoisotopic (exact) mass is 368 g/mol. The number of rotatable bonds is 4. The van der Waals surface area contributed by atoms with Gasteiger partial charge < -0.3 is 5.32 Å². The average Bonchev–Trinajstić information content (AvgIpc) is 3.11. The van der Waals surface area contributed by atoms with E-state index in [0.717, 1.165) is 28.1 Å². The van der Waals surface area contributed by atoms with E-state index in [1.165, 1.54) is 0 Å². The summed E-state index contributed by atoms with van der Waals surface area (Å²) in [6.07, 6.45) is 0. The Hall–Kier alpha value is -3.73. The maximum Gasteiger partial charge on any atom is 0.278 e. The smallest absolute Gasteiger partial charge is 0.278 e. The van der Waals surface area contributed by atoms with Gasteiger partial charge in [0.05, 0.1) is 11.4 Å². The van der Waals surface area contributed by atoms with Crippen LogP contribution in [0.25, 0.3) is 16.8 Å². The van der Waals surface area contributed by atoms with E-state index in [0.29, 0.717) is 11.4 Å². The first kappa shape index (κ1) is 17.7. The second-order valence-electron chi connectivity index (χ2n) is 6.64. The molecule has 1 N–H and O–H groups in total. The number of nitrogens with zero attached hydrogens (tertiary/aromatic N) is 3. The number of aryl methyl sites for hydroxylation is 1. The van der Waals surface area contributed by atoms with E-state index in [2.05, 4.69) is 15.6 Å². The van der Waals surface area contributed by atoms with Gasteiger partial charge in [0, 0.05) is 11.3 Å². The van der Waals surface area contributed by atoms with Gasteiger partial charge in [0.2, 0.25) is 0 Å². The summed E-state index contributed by atoms with van der Waals surface area (Å²) in [5.41, 5.74) is 5.78. The van der Waals surface area contributed by atoms with Gasteiger partial charge in [0.25, 0.3) is 5.91 Å².